The van der Waals surface area contributed by atoms with Gasteiger partial charge in [-0.05, 0) is 0 Å². The Morgan fingerprint density at radius 1 is 0.778 bits per heavy atom. The molecule has 0 radical (unpaired) electrons. The van der Waals surface area contributed by atoms with Crippen LogP contribution in [0.3, 0.4) is 0 Å². The fraction of sp³-hybridized carbons (Fsp3) is 0.500. The SMILES string of the molecule is FC(F)(F)C=C(C(F)(F)F)C(F)(F)F.O=C(O)O. The molecular formula is C6H3F9O3. The zero-order valence-corrected chi connectivity index (χ0v) is 7.78. The van der Waals surface area contributed by atoms with Crippen molar-refractivity contribution in [1.29, 1.82) is 0 Å². The van der Waals surface area contributed by atoms with Crippen molar-refractivity contribution in [1.82, 2.24) is 0 Å². The lowest BCUT2D eigenvalue weighted by molar-refractivity contribution is -0.178. The minimum absolute atomic E-state index is 1.81. The van der Waals surface area contributed by atoms with E-state index in [9.17, 15) is 39.5 Å². The number of carbonyl (C=O) groups is 1. The molecular weight excluding hydrogens is 291 g/mol. The van der Waals surface area contributed by atoms with Crippen molar-refractivity contribution in [3.63, 3.8) is 0 Å². The van der Waals surface area contributed by atoms with Crippen molar-refractivity contribution in [3.8, 4) is 0 Å². The summed E-state index contributed by atoms with van der Waals surface area (Å²) in [7, 11) is 0. The van der Waals surface area contributed by atoms with Gasteiger partial charge in [-0.1, -0.05) is 0 Å². The second-order valence-electron chi connectivity index (χ2n) is 2.38. The van der Waals surface area contributed by atoms with Crippen LogP contribution < -0.4 is 0 Å². The lowest BCUT2D eigenvalue weighted by Crippen LogP contribution is -2.28. The van der Waals surface area contributed by atoms with Crippen molar-refractivity contribution in [2.24, 2.45) is 0 Å². The average Bonchev–Trinajstić information content (AvgIpc) is 1.92. The van der Waals surface area contributed by atoms with Gasteiger partial charge in [0.1, 0.15) is 5.57 Å². The van der Waals surface area contributed by atoms with Crippen molar-refractivity contribution in [2.75, 3.05) is 0 Å². The molecule has 0 unspecified atom stereocenters. The Hall–Kier alpha value is -1.62. The van der Waals surface area contributed by atoms with E-state index in [0.29, 0.717) is 0 Å². The predicted octanol–water partition coefficient (Wildman–Crippen LogP) is 3.82. The molecule has 0 amide bonds. The summed E-state index contributed by atoms with van der Waals surface area (Å²) in [5, 5.41) is 13.9. The Balaban J connectivity index is 0. The van der Waals surface area contributed by atoms with Gasteiger partial charge in [0.25, 0.3) is 0 Å². The third-order valence-electron chi connectivity index (χ3n) is 0.919. The molecule has 0 heterocycles. The molecule has 18 heavy (non-hydrogen) atoms. The van der Waals surface area contributed by atoms with Crippen molar-refractivity contribution in [2.45, 2.75) is 18.5 Å². The maximum absolute atomic E-state index is 11.5. The van der Waals surface area contributed by atoms with Crippen LogP contribution in [-0.2, 0) is 0 Å². The third kappa shape index (κ3) is 10.9. The fourth-order valence-electron chi connectivity index (χ4n) is 0.488. The molecule has 0 rings (SSSR count). The second kappa shape index (κ2) is 5.82. The summed E-state index contributed by atoms with van der Waals surface area (Å²) in [6.07, 6.45) is -21.5. The molecule has 0 saturated heterocycles. The quantitative estimate of drug-likeness (QED) is 0.527. The summed E-state index contributed by atoms with van der Waals surface area (Å²) in [5.74, 6) is 0. The second-order valence-corrected chi connectivity index (χ2v) is 2.38. The van der Waals surface area contributed by atoms with Crippen LogP contribution in [0.5, 0.6) is 0 Å². The molecule has 0 atom stereocenters. The van der Waals surface area contributed by atoms with E-state index >= 15 is 0 Å². The van der Waals surface area contributed by atoms with Crippen LogP contribution in [0.4, 0.5) is 44.3 Å². The van der Waals surface area contributed by atoms with Crippen LogP contribution in [0.2, 0.25) is 0 Å². The van der Waals surface area contributed by atoms with Gasteiger partial charge in [0, 0.05) is 6.08 Å². The summed E-state index contributed by atoms with van der Waals surface area (Å²) in [6, 6.07) is 0. The number of carboxylic acid groups (broad SMARTS) is 2. The fourth-order valence-corrected chi connectivity index (χ4v) is 0.488. The van der Waals surface area contributed by atoms with Gasteiger partial charge < -0.3 is 10.2 Å². The molecule has 0 aliphatic heterocycles. The van der Waals surface area contributed by atoms with Gasteiger partial charge >= 0.3 is 24.7 Å². The molecule has 0 aliphatic rings. The number of rotatable bonds is 0. The zero-order chi connectivity index (χ0) is 15.4. The highest BCUT2D eigenvalue weighted by Crippen LogP contribution is 2.40. The van der Waals surface area contributed by atoms with Crippen LogP contribution >= 0.6 is 0 Å². The minimum atomic E-state index is -6.08. The normalized spacial score (nSPS) is 12.3. The summed E-state index contributed by atoms with van der Waals surface area (Å²) < 4.78 is 103. The monoisotopic (exact) mass is 294 g/mol. The molecule has 0 spiro atoms. The third-order valence-corrected chi connectivity index (χ3v) is 0.919. The molecule has 0 aliphatic carbocycles. The van der Waals surface area contributed by atoms with Gasteiger partial charge in [0.2, 0.25) is 0 Å². The molecule has 108 valence electrons. The van der Waals surface area contributed by atoms with E-state index in [0.717, 1.165) is 0 Å². The highest BCUT2D eigenvalue weighted by molar-refractivity contribution is 5.53. The van der Waals surface area contributed by atoms with Crippen molar-refractivity contribution < 1.29 is 54.5 Å². The van der Waals surface area contributed by atoms with E-state index in [2.05, 4.69) is 0 Å². The molecule has 0 bridgehead atoms. The smallest absolute Gasteiger partial charge is 0.450 e. The first-order chi connectivity index (χ1) is 7.57. The number of allylic oxidation sites excluding steroid dienone is 2. The highest BCUT2D eigenvalue weighted by Gasteiger charge is 2.53. The number of hydrogen-bond donors (Lipinski definition) is 2. The molecule has 0 aromatic rings. The summed E-state index contributed by atoms with van der Waals surface area (Å²) in [5.41, 5.74) is -3.57. The van der Waals surface area contributed by atoms with Gasteiger partial charge in [-0.25, -0.2) is 4.79 Å². The van der Waals surface area contributed by atoms with Crippen LogP contribution in [0.1, 0.15) is 0 Å². The largest absolute Gasteiger partial charge is 0.503 e. The first-order valence-electron chi connectivity index (χ1n) is 3.43. The van der Waals surface area contributed by atoms with Gasteiger partial charge in [-0.3, -0.25) is 0 Å². The van der Waals surface area contributed by atoms with E-state index in [-0.39, 0.29) is 0 Å². The van der Waals surface area contributed by atoms with Crippen LogP contribution in [0, 0.1) is 0 Å². The first-order valence-corrected chi connectivity index (χ1v) is 3.43. The van der Waals surface area contributed by atoms with Gasteiger partial charge in [0.05, 0.1) is 0 Å². The maximum Gasteiger partial charge on any atom is 0.503 e. The standard InChI is InChI=1S/C5HF9.CH2O3/c6-3(7,8)1-2(4(9,10)11)5(12,13)14;2-1(3)4/h1H;(H2,2,3,4). The van der Waals surface area contributed by atoms with E-state index in [1.54, 1.807) is 0 Å². The molecule has 0 aromatic carbocycles. The maximum atomic E-state index is 11.5. The van der Waals surface area contributed by atoms with Crippen molar-refractivity contribution in [3.05, 3.63) is 11.6 Å². The molecule has 0 aromatic heterocycles. The van der Waals surface area contributed by atoms with Gasteiger partial charge in [-0.2, -0.15) is 39.5 Å². The molecule has 3 nitrogen and oxygen atoms in total. The lowest BCUT2D eigenvalue weighted by Gasteiger charge is -2.15. The summed E-state index contributed by atoms with van der Waals surface area (Å²) in [6.45, 7) is 0. The highest BCUT2D eigenvalue weighted by atomic mass is 19.4. The van der Waals surface area contributed by atoms with Gasteiger partial charge in [-0.15, -0.1) is 0 Å². The Kier molecular flexibility index (Phi) is 6.06. The van der Waals surface area contributed by atoms with Crippen LogP contribution in [-0.4, -0.2) is 34.9 Å². The van der Waals surface area contributed by atoms with Crippen LogP contribution in [0.25, 0.3) is 0 Å². The number of hydrogen-bond acceptors (Lipinski definition) is 1. The van der Waals surface area contributed by atoms with E-state index in [1.807, 2.05) is 0 Å². The molecule has 0 saturated carbocycles. The number of alkyl halides is 9. The van der Waals surface area contributed by atoms with Gasteiger partial charge in [0.15, 0.2) is 0 Å². The Morgan fingerprint density at radius 3 is 1.06 bits per heavy atom. The molecule has 0 fully saturated rings. The summed E-state index contributed by atoms with van der Waals surface area (Å²) in [4.78, 5) is 8.56. The topological polar surface area (TPSA) is 57.5 Å². The Morgan fingerprint density at radius 2 is 1.00 bits per heavy atom. The van der Waals surface area contributed by atoms with E-state index in [4.69, 9.17) is 15.0 Å². The first kappa shape index (κ1) is 18.7. The average molecular weight is 294 g/mol. The Bertz CT molecular complexity index is 288. The minimum Gasteiger partial charge on any atom is -0.450 e. The predicted molar refractivity (Wildman–Crippen MR) is 36.9 cm³/mol. The zero-order valence-electron chi connectivity index (χ0n) is 7.78. The van der Waals surface area contributed by atoms with E-state index in [1.165, 1.54) is 0 Å². The van der Waals surface area contributed by atoms with Crippen LogP contribution in [0.15, 0.2) is 11.6 Å². The van der Waals surface area contributed by atoms with E-state index < -0.39 is 36.3 Å². The Labute approximate surface area is 92.1 Å². The lowest BCUT2D eigenvalue weighted by atomic mass is 10.2. The number of halogens is 9. The molecule has 12 heteroatoms. The van der Waals surface area contributed by atoms with Crippen molar-refractivity contribution >= 4 is 6.16 Å². The molecule has 2 N–H and O–H groups in total. The summed E-state index contributed by atoms with van der Waals surface area (Å²) >= 11 is 0.